The Hall–Kier alpha value is -0.220. The van der Waals surface area contributed by atoms with Gasteiger partial charge in [-0.05, 0) is 13.8 Å². The molecule has 0 saturated carbocycles. The van der Waals surface area contributed by atoms with Crippen LogP contribution in [0.15, 0.2) is 0 Å². The molecule has 1 N–H and O–H groups in total. The van der Waals surface area contributed by atoms with Gasteiger partial charge in [0.25, 0.3) is 0 Å². The molecule has 0 heterocycles. The van der Waals surface area contributed by atoms with E-state index in [1.54, 1.807) is 0 Å². The van der Waals surface area contributed by atoms with E-state index < -0.39 is 0 Å². The summed E-state index contributed by atoms with van der Waals surface area (Å²) in [6.07, 6.45) is 0.102. The quantitative estimate of drug-likeness (QED) is 0.465. The van der Waals surface area contributed by atoms with E-state index in [0.717, 1.165) is 0 Å². The minimum atomic E-state index is -0.122. The van der Waals surface area contributed by atoms with Crippen LogP contribution in [0.5, 0.6) is 0 Å². The maximum atomic E-state index is 10.7. The first-order valence-corrected chi connectivity index (χ1v) is 3.79. The summed E-state index contributed by atoms with van der Waals surface area (Å²) in [7, 11) is 0. The minimum absolute atomic E-state index is 0.102. The maximum Gasteiger partial charge on any atom is 0.246 e. The van der Waals surface area contributed by atoms with E-state index in [9.17, 15) is 4.79 Å². The molecule has 0 aliphatic rings. The van der Waals surface area contributed by atoms with Crippen LogP contribution in [-0.2, 0) is 9.53 Å². The van der Waals surface area contributed by atoms with Gasteiger partial charge < -0.3 is 10.1 Å². The van der Waals surface area contributed by atoms with Gasteiger partial charge in [0, 0.05) is 0 Å². The van der Waals surface area contributed by atoms with Crippen molar-refractivity contribution in [2.45, 2.75) is 20.0 Å². The highest BCUT2D eigenvalue weighted by atomic mass is 32.1. The summed E-state index contributed by atoms with van der Waals surface area (Å²) in [6.45, 7) is 3.89. The SMILES string of the molecule is CC(C)OCC(=O)NCS. The number of carbonyl (C=O) groups excluding carboxylic acids is 1. The highest BCUT2D eigenvalue weighted by Gasteiger charge is 1.99. The van der Waals surface area contributed by atoms with Gasteiger partial charge in [-0.15, -0.1) is 0 Å². The van der Waals surface area contributed by atoms with Crippen molar-refractivity contribution in [3.63, 3.8) is 0 Å². The Bertz CT molecular complexity index is 106. The smallest absolute Gasteiger partial charge is 0.246 e. The summed E-state index contributed by atoms with van der Waals surface area (Å²) < 4.78 is 5.01. The highest BCUT2D eigenvalue weighted by molar-refractivity contribution is 7.80. The standard InChI is InChI=1S/C6H13NO2S/c1-5(2)9-3-6(8)7-4-10/h5,10H,3-4H2,1-2H3,(H,7,8). The molecule has 0 radical (unpaired) electrons. The molecule has 10 heavy (non-hydrogen) atoms. The van der Waals surface area contributed by atoms with Gasteiger partial charge in [0.15, 0.2) is 0 Å². The van der Waals surface area contributed by atoms with Gasteiger partial charge in [0.1, 0.15) is 6.61 Å². The molecule has 0 atom stereocenters. The summed E-state index contributed by atoms with van der Waals surface area (Å²) in [6, 6.07) is 0. The predicted octanol–water partition coefficient (Wildman–Crippen LogP) is 0.415. The van der Waals surface area contributed by atoms with E-state index in [2.05, 4.69) is 17.9 Å². The second-order valence-corrected chi connectivity index (χ2v) is 2.43. The van der Waals surface area contributed by atoms with E-state index in [4.69, 9.17) is 4.74 Å². The highest BCUT2D eigenvalue weighted by Crippen LogP contribution is 1.85. The van der Waals surface area contributed by atoms with Crippen LogP contribution in [-0.4, -0.2) is 24.5 Å². The number of hydrogen-bond acceptors (Lipinski definition) is 3. The van der Waals surface area contributed by atoms with Crippen molar-refractivity contribution >= 4 is 18.5 Å². The number of hydrogen-bond donors (Lipinski definition) is 2. The fraction of sp³-hybridized carbons (Fsp3) is 0.833. The number of carbonyl (C=O) groups is 1. The van der Waals surface area contributed by atoms with Crippen molar-refractivity contribution in [2.75, 3.05) is 12.5 Å². The third-order valence-electron chi connectivity index (χ3n) is 0.824. The Morgan fingerprint density at radius 3 is 2.70 bits per heavy atom. The zero-order chi connectivity index (χ0) is 7.98. The molecule has 0 aliphatic heterocycles. The lowest BCUT2D eigenvalue weighted by molar-refractivity contribution is -0.126. The van der Waals surface area contributed by atoms with Crippen LogP contribution in [0, 0.1) is 0 Å². The van der Waals surface area contributed by atoms with Crippen LogP contribution in [0.1, 0.15) is 13.8 Å². The van der Waals surface area contributed by atoms with Gasteiger partial charge in [0.2, 0.25) is 5.91 Å². The normalized spacial score (nSPS) is 10.0. The van der Waals surface area contributed by atoms with Crippen LogP contribution < -0.4 is 5.32 Å². The fourth-order valence-corrected chi connectivity index (χ4v) is 0.558. The van der Waals surface area contributed by atoms with E-state index >= 15 is 0 Å². The average molecular weight is 163 g/mol. The molecule has 0 aliphatic carbocycles. The zero-order valence-corrected chi connectivity index (χ0v) is 7.15. The van der Waals surface area contributed by atoms with E-state index in [1.807, 2.05) is 13.8 Å². The number of ether oxygens (including phenoxy) is 1. The first-order valence-electron chi connectivity index (χ1n) is 3.16. The van der Waals surface area contributed by atoms with Gasteiger partial charge in [-0.2, -0.15) is 12.6 Å². The van der Waals surface area contributed by atoms with Gasteiger partial charge >= 0.3 is 0 Å². The van der Waals surface area contributed by atoms with Crippen LogP contribution in [0.3, 0.4) is 0 Å². The van der Waals surface area contributed by atoms with Crippen molar-refractivity contribution in [3.05, 3.63) is 0 Å². The summed E-state index contributed by atoms with van der Waals surface area (Å²) >= 11 is 3.82. The first-order chi connectivity index (χ1) is 4.66. The third kappa shape index (κ3) is 5.91. The van der Waals surface area contributed by atoms with E-state index in [1.165, 1.54) is 0 Å². The molecule has 0 aromatic rings. The lowest BCUT2D eigenvalue weighted by atomic mass is 10.5. The lowest BCUT2D eigenvalue weighted by Gasteiger charge is -2.05. The maximum absolute atomic E-state index is 10.7. The van der Waals surface area contributed by atoms with Crippen LogP contribution in [0.2, 0.25) is 0 Å². The molecule has 0 saturated heterocycles. The van der Waals surface area contributed by atoms with Crippen molar-refractivity contribution < 1.29 is 9.53 Å². The van der Waals surface area contributed by atoms with Gasteiger partial charge in [-0.3, -0.25) is 4.79 Å². The van der Waals surface area contributed by atoms with E-state index in [0.29, 0.717) is 5.88 Å². The van der Waals surface area contributed by atoms with Crippen LogP contribution >= 0.6 is 12.6 Å². The second kappa shape index (κ2) is 5.56. The van der Waals surface area contributed by atoms with Gasteiger partial charge in [-0.25, -0.2) is 0 Å². The van der Waals surface area contributed by atoms with Crippen LogP contribution in [0.25, 0.3) is 0 Å². The molecule has 60 valence electrons. The molecule has 0 bridgehead atoms. The molecule has 1 amide bonds. The average Bonchev–Trinajstić information content (AvgIpc) is 1.85. The fourth-order valence-electron chi connectivity index (χ4n) is 0.382. The molecular formula is C6H13NO2S. The molecule has 0 fully saturated rings. The number of rotatable bonds is 4. The Kier molecular flexibility index (Phi) is 5.43. The van der Waals surface area contributed by atoms with Crippen molar-refractivity contribution in [1.82, 2.24) is 5.32 Å². The molecule has 0 aromatic heterocycles. The largest absolute Gasteiger partial charge is 0.369 e. The summed E-state index contributed by atoms with van der Waals surface area (Å²) in [5.41, 5.74) is 0. The molecule has 0 unspecified atom stereocenters. The number of nitrogens with one attached hydrogen (secondary N) is 1. The van der Waals surface area contributed by atoms with E-state index in [-0.39, 0.29) is 18.6 Å². The monoisotopic (exact) mass is 163 g/mol. The van der Waals surface area contributed by atoms with Crippen LogP contribution in [0.4, 0.5) is 0 Å². The topological polar surface area (TPSA) is 38.3 Å². The first kappa shape index (κ1) is 9.78. The predicted molar refractivity (Wildman–Crippen MR) is 43.1 cm³/mol. The zero-order valence-electron chi connectivity index (χ0n) is 6.26. The Morgan fingerprint density at radius 1 is 1.70 bits per heavy atom. The third-order valence-corrected chi connectivity index (χ3v) is 0.982. The minimum Gasteiger partial charge on any atom is -0.369 e. The molecule has 0 spiro atoms. The number of thiol groups is 1. The molecule has 3 nitrogen and oxygen atoms in total. The summed E-state index contributed by atoms with van der Waals surface area (Å²) in [5.74, 6) is 0.240. The van der Waals surface area contributed by atoms with Gasteiger partial charge in [0.05, 0.1) is 12.0 Å². The van der Waals surface area contributed by atoms with Gasteiger partial charge in [-0.1, -0.05) is 0 Å². The molecule has 0 rings (SSSR count). The lowest BCUT2D eigenvalue weighted by Crippen LogP contribution is -2.27. The number of amides is 1. The summed E-state index contributed by atoms with van der Waals surface area (Å²) in [5, 5.41) is 2.50. The second-order valence-electron chi connectivity index (χ2n) is 2.12. The molecule has 0 aromatic carbocycles. The molecule has 4 heteroatoms. The Balaban J connectivity index is 3.22. The summed E-state index contributed by atoms with van der Waals surface area (Å²) in [4.78, 5) is 10.7. The Labute approximate surface area is 66.5 Å². The Morgan fingerprint density at radius 2 is 2.30 bits per heavy atom. The molecular weight excluding hydrogens is 150 g/mol. The van der Waals surface area contributed by atoms with Crippen molar-refractivity contribution in [1.29, 1.82) is 0 Å². The van der Waals surface area contributed by atoms with Crippen molar-refractivity contribution in [3.8, 4) is 0 Å². The van der Waals surface area contributed by atoms with Crippen molar-refractivity contribution in [2.24, 2.45) is 0 Å².